The molecule has 3 aromatic rings. The Morgan fingerprint density at radius 2 is 1.94 bits per heavy atom. The number of carbonyl (C=O) groups is 1. The molecule has 2 unspecified atom stereocenters. The number of amides is 1. The third-order valence-corrected chi connectivity index (χ3v) is 7.62. The monoisotopic (exact) mass is 511 g/mol. The minimum Gasteiger partial charge on any atom is -0.398 e. The van der Waals surface area contributed by atoms with Gasteiger partial charge in [-0.2, -0.15) is 0 Å². The summed E-state index contributed by atoms with van der Waals surface area (Å²) in [6, 6.07) is 17.2. The van der Waals surface area contributed by atoms with Crippen molar-refractivity contribution in [2.24, 2.45) is 5.92 Å². The van der Waals surface area contributed by atoms with Crippen LogP contribution in [-0.2, 0) is 22.3 Å². The topological polar surface area (TPSA) is 121 Å². The molecule has 0 radical (unpaired) electrons. The van der Waals surface area contributed by atoms with Crippen molar-refractivity contribution in [3.05, 3.63) is 93.4 Å². The maximum Gasteiger partial charge on any atom is 0.250 e. The van der Waals surface area contributed by atoms with Gasteiger partial charge in [-0.25, -0.2) is 8.51 Å². The second-order valence-electron chi connectivity index (χ2n) is 8.36. The number of benzene rings is 2. The van der Waals surface area contributed by atoms with Crippen molar-refractivity contribution in [1.82, 2.24) is 14.2 Å². The first kappa shape index (κ1) is 24.8. The van der Waals surface area contributed by atoms with Gasteiger partial charge >= 0.3 is 0 Å². The summed E-state index contributed by atoms with van der Waals surface area (Å²) < 4.78 is 16.4. The molecule has 1 fully saturated rings. The molecule has 1 amide bonds. The number of pyridine rings is 1. The number of halogens is 1. The molecule has 8 nitrogen and oxygen atoms in total. The fourth-order valence-corrected chi connectivity index (χ4v) is 5.37. The van der Waals surface area contributed by atoms with Gasteiger partial charge in [-0.3, -0.25) is 9.59 Å². The van der Waals surface area contributed by atoms with Crippen molar-refractivity contribution in [2.75, 3.05) is 25.4 Å². The molecule has 0 aliphatic carbocycles. The molecule has 2 heterocycles. The maximum atomic E-state index is 13.0. The van der Waals surface area contributed by atoms with E-state index in [0.29, 0.717) is 47.2 Å². The van der Waals surface area contributed by atoms with Gasteiger partial charge in [-0.1, -0.05) is 29.8 Å². The van der Waals surface area contributed by atoms with Crippen LogP contribution in [-0.4, -0.2) is 44.3 Å². The summed E-state index contributed by atoms with van der Waals surface area (Å²) in [5.41, 5.74) is 7.86. The van der Waals surface area contributed by atoms with Crippen molar-refractivity contribution in [3.8, 4) is 0 Å². The number of rotatable bonds is 8. The van der Waals surface area contributed by atoms with Gasteiger partial charge in [0.2, 0.25) is 5.91 Å². The Morgan fingerprint density at radius 3 is 2.69 bits per heavy atom. The zero-order valence-electron chi connectivity index (χ0n) is 18.9. The van der Waals surface area contributed by atoms with Crippen molar-refractivity contribution in [1.29, 1.82) is 5.41 Å². The fraction of sp³-hybridized carbons (Fsp3) is 0.240. The second kappa shape index (κ2) is 11.0. The molecule has 1 aliphatic rings. The van der Waals surface area contributed by atoms with Crippen LogP contribution in [0.25, 0.3) is 0 Å². The molecule has 182 valence electrons. The smallest absolute Gasteiger partial charge is 0.250 e. The highest BCUT2D eigenvalue weighted by molar-refractivity contribution is 7.82. The number of hydrogen-bond acceptors (Lipinski definition) is 5. The summed E-state index contributed by atoms with van der Waals surface area (Å²) in [6.45, 7) is 1.38. The lowest BCUT2D eigenvalue weighted by molar-refractivity contribution is -0.124. The van der Waals surface area contributed by atoms with E-state index in [4.69, 9.17) is 22.7 Å². The van der Waals surface area contributed by atoms with E-state index in [1.165, 1.54) is 6.07 Å². The molecule has 2 aromatic carbocycles. The summed E-state index contributed by atoms with van der Waals surface area (Å²) in [7, 11) is -1.39. The minimum absolute atomic E-state index is 0.0366. The Hall–Kier alpha value is -3.27. The highest BCUT2D eigenvalue weighted by atomic mass is 35.5. The highest BCUT2D eigenvalue weighted by Gasteiger charge is 2.31. The zero-order valence-corrected chi connectivity index (χ0v) is 20.5. The van der Waals surface area contributed by atoms with E-state index in [2.05, 4.69) is 5.32 Å². The van der Waals surface area contributed by atoms with Crippen LogP contribution in [0.3, 0.4) is 0 Å². The number of nitrogens with one attached hydrogen (secondary N) is 2. The lowest BCUT2D eigenvalue weighted by Gasteiger charge is -2.16. The third kappa shape index (κ3) is 6.05. The summed E-state index contributed by atoms with van der Waals surface area (Å²) in [5.74, 6) is -0.494. The number of nitrogens with two attached hydrogens (primary N) is 1. The molecule has 1 aromatic heterocycles. The molecule has 4 rings (SSSR count). The van der Waals surface area contributed by atoms with E-state index in [1.54, 1.807) is 57.5 Å². The van der Waals surface area contributed by atoms with Gasteiger partial charge in [0.15, 0.2) is 0 Å². The normalized spacial score (nSPS) is 16.7. The highest BCUT2D eigenvalue weighted by Crippen LogP contribution is 2.23. The molecule has 2 atom stereocenters. The van der Waals surface area contributed by atoms with Gasteiger partial charge in [-0.15, -0.1) is 0 Å². The number of nitrogen functional groups attached to an aromatic ring is 1. The minimum atomic E-state index is -1.39. The first-order valence-corrected chi connectivity index (χ1v) is 12.6. The van der Waals surface area contributed by atoms with Gasteiger partial charge in [0.1, 0.15) is 11.0 Å². The van der Waals surface area contributed by atoms with Crippen LogP contribution in [0.15, 0.2) is 76.6 Å². The SMILES string of the molecule is N=C(CNC(=O)C1CCN(S(=O)c2ccc(Cn3ccccc3=O)cc2)C1)c1cc(Cl)ccc1N. The van der Waals surface area contributed by atoms with Crippen LogP contribution in [0, 0.1) is 11.3 Å². The maximum absolute atomic E-state index is 13.0. The lowest BCUT2D eigenvalue weighted by atomic mass is 10.1. The average molecular weight is 512 g/mol. The third-order valence-electron chi connectivity index (χ3n) is 5.91. The van der Waals surface area contributed by atoms with Gasteiger partial charge in [-0.05, 0) is 48.4 Å². The Balaban J connectivity index is 1.30. The van der Waals surface area contributed by atoms with Gasteiger partial charge in [0.05, 0.1) is 29.6 Å². The molecule has 0 bridgehead atoms. The predicted molar refractivity (Wildman–Crippen MR) is 138 cm³/mol. The number of carbonyl (C=O) groups excluding carboxylic acids is 1. The van der Waals surface area contributed by atoms with Crippen molar-refractivity contribution in [3.63, 3.8) is 0 Å². The van der Waals surface area contributed by atoms with Crippen LogP contribution in [0.1, 0.15) is 17.5 Å². The molecule has 1 saturated heterocycles. The summed E-state index contributed by atoms with van der Waals surface area (Å²) >= 11 is 5.99. The molecular weight excluding hydrogens is 486 g/mol. The van der Waals surface area contributed by atoms with Crippen molar-refractivity contribution < 1.29 is 9.00 Å². The van der Waals surface area contributed by atoms with E-state index in [0.717, 1.165) is 5.56 Å². The Morgan fingerprint density at radius 1 is 1.17 bits per heavy atom. The van der Waals surface area contributed by atoms with Crippen LogP contribution in [0.4, 0.5) is 5.69 Å². The van der Waals surface area contributed by atoms with Gasteiger partial charge in [0.25, 0.3) is 5.56 Å². The van der Waals surface area contributed by atoms with Crippen LogP contribution < -0.4 is 16.6 Å². The molecule has 1 aliphatic heterocycles. The zero-order chi connectivity index (χ0) is 24.9. The Labute approximate surface area is 210 Å². The van der Waals surface area contributed by atoms with E-state index in [9.17, 15) is 13.8 Å². The Bertz CT molecular complexity index is 1330. The number of anilines is 1. The number of nitrogens with zero attached hydrogens (tertiary/aromatic N) is 2. The average Bonchev–Trinajstić information content (AvgIpc) is 3.36. The van der Waals surface area contributed by atoms with Gasteiger partial charge < -0.3 is 21.0 Å². The van der Waals surface area contributed by atoms with Crippen molar-refractivity contribution >= 4 is 39.9 Å². The summed E-state index contributed by atoms with van der Waals surface area (Å²) in [6.07, 6.45) is 2.31. The van der Waals surface area contributed by atoms with E-state index in [1.807, 2.05) is 12.1 Å². The number of aromatic nitrogens is 1. The van der Waals surface area contributed by atoms with Crippen LogP contribution >= 0.6 is 11.6 Å². The quantitative estimate of drug-likeness (QED) is 0.318. The van der Waals surface area contributed by atoms with Crippen molar-refractivity contribution in [2.45, 2.75) is 17.9 Å². The predicted octanol–water partition coefficient (Wildman–Crippen LogP) is 2.66. The second-order valence-corrected chi connectivity index (χ2v) is 10.3. The first-order chi connectivity index (χ1) is 16.8. The van der Waals surface area contributed by atoms with E-state index >= 15 is 0 Å². The molecule has 0 spiro atoms. The van der Waals surface area contributed by atoms with E-state index in [-0.39, 0.29) is 29.6 Å². The molecule has 35 heavy (non-hydrogen) atoms. The van der Waals surface area contributed by atoms with E-state index < -0.39 is 11.0 Å². The summed E-state index contributed by atoms with van der Waals surface area (Å²) in [4.78, 5) is 25.2. The first-order valence-electron chi connectivity index (χ1n) is 11.1. The largest absolute Gasteiger partial charge is 0.398 e. The van der Waals surface area contributed by atoms with Crippen LogP contribution in [0.5, 0.6) is 0 Å². The van der Waals surface area contributed by atoms with Crippen LogP contribution in [0.2, 0.25) is 5.02 Å². The van der Waals surface area contributed by atoms with Gasteiger partial charge in [0, 0.05) is 41.6 Å². The molecule has 10 heteroatoms. The standard InChI is InChI=1S/C25H26ClN5O3S/c26-19-6-9-22(27)21(13-19)23(28)14-29-25(33)18-10-12-31(16-18)35(34)20-7-4-17(5-8-20)15-30-11-2-1-3-24(30)32/h1-9,11,13,18,28H,10,12,14-16,27H2,(H,29,33). The molecule has 4 N–H and O–H groups in total. The summed E-state index contributed by atoms with van der Waals surface area (Å²) in [5, 5.41) is 11.5. The molecule has 0 saturated carbocycles. The number of hydrogen-bond donors (Lipinski definition) is 3. The Kier molecular flexibility index (Phi) is 7.80. The lowest BCUT2D eigenvalue weighted by Crippen LogP contribution is -2.36. The fourth-order valence-electron chi connectivity index (χ4n) is 3.95. The molecular formula is C25H26ClN5O3S.